The highest BCUT2D eigenvalue weighted by Crippen LogP contribution is 2.32. The van der Waals surface area contributed by atoms with E-state index in [4.69, 9.17) is 4.74 Å². The van der Waals surface area contributed by atoms with E-state index in [1.165, 1.54) is 11.3 Å². The summed E-state index contributed by atoms with van der Waals surface area (Å²) < 4.78 is 5.76. The average molecular weight is 506 g/mol. The van der Waals surface area contributed by atoms with Crippen LogP contribution in [-0.4, -0.2) is 50.4 Å². The number of carbonyl (C=O) groups excluding carboxylic acids is 2. The molecule has 1 aliphatic rings. The molecule has 3 N–H and O–H groups in total. The number of hydrogen-bond acceptors (Lipinski definition) is 8. The third-order valence-corrected chi connectivity index (χ3v) is 7.59. The molecule has 0 amide bonds. The zero-order valence-electron chi connectivity index (χ0n) is 21.5. The van der Waals surface area contributed by atoms with Crippen molar-refractivity contribution in [2.45, 2.75) is 85.7 Å². The highest BCUT2D eigenvalue weighted by Gasteiger charge is 2.42. The van der Waals surface area contributed by atoms with E-state index in [1.807, 2.05) is 50.5 Å². The molecule has 8 heteroatoms. The first-order valence-electron chi connectivity index (χ1n) is 12.0. The smallest absolute Gasteiger partial charge is 0.309 e. The van der Waals surface area contributed by atoms with Gasteiger partial charge < -0.3 is 20.1 Å². The van der Waals surface area contributed by atoms with E-state index in [2.05, 4.69) is 4.98 Å². The number of thiazole rings is 1. The number of aromatic nitrogens is 1. The van der Waals surface area contributed by atoms with Crippen molar-refractivity contribution in [1.82, 2.24) is 4.98 Å². The molecule has 7 nitrogen and oxygen atoms in total. The van der Waals surface area contributed by atoms with Crippen LogP contribution >= 0.6 is 11.3 Å². The summed E-state index contributed by atoms with van der Waals surface area (Å²) in [5.74, 6) is -1.74. The number of aliphatic hydroxyl groups is 3. The summed E-state index contributed by atoms with van der Waals surface area (Å²) in [7, 11) is 0. The van der Waals surface area contributed by atoms with Gasteiger partial charge in [0.05, 0.1) is 36.3 Å². The van der Waals surface area contributed by atoms with Crippen molar-refractivity contribution in [3.05, 3.63) is 45.5 Å². The Labute approximate surface area is 212 Å². The first-order chi connectivity index (χ1) is 16.4. The van der Waals surface area contributed by atoms with E-state index in [0.29, 0.717) is 23.5 Å². The van der Waals surface area contributed by atoms with Crippen molar-refractivity contribution in [2.75, 3.05) is 0 Å². The molecule has 0 bridgehead atoms. The van der Waals surface area contributed by atoms with Crippen molar-refractivity contribution >= 4 is 29.2 Å². The number of Topliss-reactive ketones (excluding diaryl/α,β-unsaturated/α-hetero) is 1. The van der Waals surface area contributed by atoms with Gasteiger partial charge >= 0.3 is 5.97 Å². The maximum atomic E-state index is 13.2. The third kappa shape index (κ3) is 7.93. The van der Waals surface area contributed by atoms with Crippen molar-refractivity contribution in [2.24, 2.45) is 17.3 Å². The molecule has 1 aromatic rings. The lowest BCUT2D eigenvalue weighted by molar-refractivity contribution is -0.154. The molecule has 0 aromatic carbocycles. The molecule has 0 aliphatic carbocycles. The largest absolute Gasteiger partial charge is 0.457 e. The van der Waals surface area contributed by atoms with Gasteiger partial charge in [-0.25, -0.2) is 4.98 Å². The molecule has 1 aromatic heterocycles. The second-order valence-corrected chi connectivity index (χ2v) is 11.0. The van der Waals surface area contributed by atoms with Crippen LogP contribution in [0.2, 0.25) is 0 Å². The second kappa shape index (κ2) is 12.7. The van der Waals surface area contributed by atoms with Gasteiger partial charge in [-0.05, 0) is 37.8 Å². The number of cyclic esters (lactones) is 1. The molecule has 0 spiro atoms. The fourth-order valence-electron chi connectivity index (χ4n) is 4.10. The van der Waals surface area contributed by atoms with Gasteiger partial charge in [0.2, 0.25) is 0 Å². The SMILES string of the molecule is CC1=C\CC(/C(C)=C/c2csc(CO)n2)OC(=O)C[C@H](O)C(C)(C)C(=O)[C@H](C)[C@@H](O)[C@@H](C)C\C=C\1. The minimum absolute atomic E-state index is 0.134. The number of nitrogens with zero attached hydrogens (tertiary/aromatic N) is 1. The predicted octanol–water partition coefficient (Wildman–Crippen LogP) is 4.23. The van der Waals surface area contributed by atoms with Gasteiger partial charge in [0.15, 0.2) is 0 Å². The van der Waals surface area contributed by atoms with Gasteiger partial charge in [-0.3, -0.25) is 9.59 Å². The summed E-state index contributed by atoms with van der Waals surface area (Å²) in [6.45, 7) is 10.4. The Morgan fingerprint density at radius 3 is 2.57 bits per heavy atom. The lowest BCUT2D eigenvalue weighted by Crippen LogP contribution is -2.45. The number of rotatable bonds is 3. The molecular formula is C27H39NO6S. The van der Waals surface area contributed by atoms with Gasteiger partial charge in [-0.15, -0.1) is 11.3 Å². The van der Waals surface area contributed by atoms with Gasteiger partial charge in [-0.1, -0.05) is 51.5 Å². The minimum Gasteiger partial charge on any atom is -0.457 e. The lowest BCUT2D eigenvalue weighted by Gasteiger charge is -2.34. The maximum absolute atomic E-state index is 13.2. The van der Waals surface area contributed by atoms with Crippen molar-refractivity contribution in [3.8, 4) is 0 Å². The molecule has 1 aliphatic heterocycles. The molecule has 5 atom stereocenters. The van der Waals surface area contributed by atoms with E-state index in [9.17, 15) is 24.9 Å². The van der Waals surface area contributed by atoms with Crippen LogP contribution in [0.25, 0.3) is 6.08 Å². The molecule has 2 heterocycles. The standard InChI is InChI=1S/C27H39NO6S/c1-16-8-7-9-17(2)25(32)19(4)26(33)27(5,6)22(30)13-24(31)34-21(11-10-16)18(3)12-20-15-35-23(14-29)28-20/h7-8,10,12,15,17,19,21-22,25,29-30,32H,9,11,13-14H2,1-6H3/b8-7+,16-10+,18-12+/t17-,19+,21?,22-,25-/m0/s1. The van der Waals surface area contributed by atoms with E-state index in [0.717, 1.165) is 11.1 Å². The van der Waals surface area contributed by atoms with E-state index >= 15 is 0 Å². The number of aliphatic hydroxyl groups excluding tert-OH is 3. The number of allylic oxidation sites excluding steroid dienone is 3. The molecular weight excluding hydrogens is 466 g/mol. The minimum atomic E-state index is -1.26. The van der Waals surface area contributed by atoms with Crippen LogP contribution in [0.5, 0.6) is 0 Å². The fourth-order valence-corrected chi connectivity index (χ4v) is 4.72. The van der Waals surface area contributed by atoms with Gasteiger partial charge in [-0.2, -0.15) is 0 Å². The number of esters is 1. The molecule has 0 radical (unpaired) electrons. The molecule has 194 valence electrons. The Kier molecular flexibility index (Phi) is 10.6. The Balaban J connectivity index is 2.37. The highest BCUT2D eigenvalue weighted by molar-refractivity contribution is 7.09. The Morgan fingerprint density at radius 1 is 1.26 bits per heavy atom. The first-order valence-corrected chi connectivity index (χ1v) is 12.9. The van der Waals surface area contributed by atoms with Crippen LogP contribution in [0.3, 0.4) is 0 Å². The molecule has 35 heavy (non-hydrogen) atoms. The topological polar surface area (TPSA) is 117 Å². The molecule has 1 unspecified atom stereocenters. The van der Waals surface area contributed by atoms with Crippen LogP contribution < -0.4 is 0 Å². The van der Waals surface area contributed by atoms with Crippen LogP contribution in [0.1, 0.15) is 71.5 Å². The highest BCUT2D eigenvalue weighted by atomic mass is 32.1. The number of hydrogen-bond donors (Lipinski definition) is 3. The lowest BCUT2D eigenvalue weighted by atomic mass is 9.73. The van der Waals surface area contributed by atoms with E-state index in [1.54, 1.807) is 20.8 Å². The third-order valence-electron chi connectivity index (χ3n) is 6.74. The van der Waals surface area contributed by atoms with Crippen LogP contribution in [0.15, 0.2) is 34.8 Å². The molecule has 0 saturated carbocycles. The quantitative estimate of drug-likeness (QED) is 0.527. The van der Waals surface area contributed by atoms with Gasteiger partial charge in [0.1, 0.15) is 16.9 Å². The fraction of sp³-hybridized carbons (Fsp3) is 0.593. The number of carbonyl (C=O) groups is 2. The summed E-state index contributed by atoms with van der Waals surface area (Å²) >= 11 is 1.35. The van der Waals surface area contributed by atoms with Crippen molar-refractivity contribution in [3.63, 3.8) is 0 Å². The van der Waals surface area contributed by atoms with Crippen LogP contribution in [0.4, 0.5) is 0 Å². The summed E-state index contributed by atoms with van der Waals surface area (Å²) in [6.07, 6.45) is 5.71. The summed E-state index contributed by atoms with van der Waals surface area (Å²) in [4.78, 5) is 30.3. The maximum Gasteiger partial charge on any atom is 0.309 e. The van der Waals surface area contributed by atoms with Crippen molar-refractivity contribution in [1.29, 1.82) is 0 Å². The van der Waals surface area contributed by atoms with Crippen LogP contribution in [-0.2, 0) is 20.9 Å². The summed E-state index contributed by atoms with van der Waals surface area (Å²) in [6, 6.07) is 0. The monoisotopic (exact) mass is 505 g/mol. The predicted molar refractivity (Wildman–Crippen MR) is 137 cm³/mol. The number of ketones is 1. The van der Waals surface area contributed by atoms with Crippen molar-refractivity contribution < 1.29 is 29.6 Å². The molecule has 0 saturated heterocycles. The van der Waals surface area contributed by atoms with Gasteiger partial charge in [0.25, 0.3) is 0 Å². The summed E-state index contributed by atoms with van der Waals surface area (Å²) in [5.41, 5.74) is 1.20. The normalized spacial score (nSPS) is 32.0. The van der Waals surface area contributed by atoms with Gasteiger partial charge in [0, 0.05) is 17.7 Å². The Morgan fingerprint density at radius 2 is 1.94 bits per heavy atom. The zero-order chi connectivity index (χ0) is 26.3. The second-order valence-electron chi connectivity index (χ2n) is 10.1. The summed E-state index contributed by atoms with van der Waals surface area (Å²) in [5, 5.41) is 33.2. The Hall–Kier alpha value is -2.13. The number of ether oxygens (including phenoxy) is 1. The van der Waals surface area contributed by atoms with Crippen LogP contribution in [0, 0.1) is 17.3 Å². The molecule has 0 fully saturated rings. The van der Waals surface area contributed by atoms with E-state index in [-0.39, 0.29) is 24.7 Å². The average Bonchev–Trinajstić information content (AvgIpc) is 3.26. The zero-order valence-corrected chi connectivity index (χ0v) is 22.3. The first kappa shape index (κ1) is 29.1. The molecule has 2 rings (SSSR count). The Bertz CT molecular complexity index is 976. The van der Waals surface area contributed by atoms with E-state index < -0.39 is 35.6 Å².